The van der Waals surface area contributed by atoms with E-state index in [9.17, 15) is 17.6 Å². The van der Waals surface area contributed by atoms with E-state index in [-0.39, 0.29) is 29.4 Å². The van der Waals surface area contributed by atoms with Crippen molar-refractivity contribution in [2.75, 3.05) is 6.61 Å². The molecule has 0 N–H and O–H groups in total. The van der Waals surface area contributed by atoms with E-state index >= 15 is 0 Å². The van der Waals surface area contributed by atoms with Gasteiger partial charge in [0.15, 0.2) is 23.2 Å². The molecule has 3 aromatic rings. The highest BCUT2D eigenvalue weighted by molar-refractivity contribution is 5.65. The van der Waals surface area contributed by atoms with Crippen molar-refractivity contribution in [2.24, 2.45) is 5.92 Å². The van der Waals surface area contributed by atoms with E-state index < -0.39 is 23.3 Å². The Morgan fingerprint density at radius 3 is 2.17 bits per heavy atom. The van der Waals surface area contributed by atoms with Crippen LogP contribution in [0.2, 0.25) is 0 Å². The van der Waals surface area contributed by atoms with Crippen molar-refractivity contribution in [2.45, 2.75) is 64.9 Å². The van der Waals surface area contributed by atoms with E-state index in [4.69, 9.17) is 9.47 Å². The molecule has 0 unspecified atom stereocenters. The molecule has 0 saturated heterocycles. The van der Waals surface area contributed by atoms with Gasteiger partial charge < -0.3 is 9.47 Å². The number of rotatable bonds is 9. The van der Waals surface area contributed by atoms with Crippen molar-refractivity contribution in [3.63, 3.8) is 0 Å². The lowest BCUT2D eigenvalue weighted by molar-refractivity contribution is 0.279. The Kier molecular flexibility index (Phi) is 8.55. The summed E-state index contributed by atoms with van der Waals surface area (Å²) in [6.07, 6.45) is 5.46. The average molecular weight is 501 g/mol. The minimum Gasteiger partial charge on any atom is -0.490 e. The Bertz CT molecular complexity index is 1170. The van der Waals surface area contributed by atoms with Gasteiger partial charge >= 0.3 is 0 Å². The molecule has 6 heteroatoms. The summed E-state index contributed by atoms with van der Waals surface area (Å²) in [7, 11) is 0. The average Bonchev–Trinajstić information content (AvgIpc) is 2.89. The van der Waals surface area contributed by atoms with Crippen LogP contribution in [-0.4, -0.2) is 6.61 Å². The van der Waals surface area contributed by atoms with Crippen molar-refractivity contribution < 1.29 is 27.0 Å². The summed E-state index contributed by atoms with van der Waals surface area (Å²) >= 11 is 0. The van der Waals surface area contributed by atoms with Gasteiger partial charge in [-0.15, -0.1) is 0 Å². The van der Waals surface area contributed by atoms with Crippen LogP contribution in [0.15, 0.2) is 48.5 Å². The van der Waals surface area contributed by atoms with Crippen LogP contribution in [0.3, 0.4) is 0 Å². The zero-order valence-electron chi connectivity index (χ0n) is 20.8. The Morgan fingerprint density at radius 2 is 1.47 bits per heavy atom. The maximum atomic E-state index is 15.0. The summed E-state index contributed by atoms with van der Waals surface area (Å²) in [6, 6.07) is 12.6. The van der Waals surface area contributed by atoms with E-state index in [1.807, 2.05) is 6.92 Å². The third-order valence-corrected chi connectivity index (χ3v) is 7.01. The normalized spacial score (nSPS) is 17.7. The highest BCUT2D eigenvalue weighted by Crippen LogP contribution is 2.39. The van der Waals surface area contributed by atoms with Crippen molar-refractivity contribution in [3.05, 3.63) is 82.9 Å². The van der Waals surface area contributed by atoms with E-state index in [0.717, 1.165) is 38.5 Å². The fourth-order valence-electron chi connectivity index (χ4n) is 4.69. The molecule has 1 fully saturated rings. The Morgan fingerprint density at radius 1 is 0.750 bits per heavy atom. The molecule has 1 aliphatic carbocycles. The second kappa shape index (κ2) is 11.8. The molecule has 1 aliphatic rings. The molecule has 0 aromatic heterocycles. The smallest absolute Gasteiger partial charge is 0.201 e. The predicted octanol–water partition coefficient (Wildman–Crippen LogP) is 8.96. The molecule has 3 aromatic carbocycles. The van der Waals surface area contributed by atoms with Crippen molar-refractivity contribution in [1.82, 2.24) is 0 Å². The van der Waals surface area contributed by atoms with E-state index in [2.05, 4.69) is 6.92 Å². The number of benzene rings is 3. The number of hydrogen-bond donors (Lipinski definition) is 0. The molecule has 0 bridgehead atoms. The van der Waals surface area contributed by atoms with Gasteiger partial charge in [-0.3, -0.25) is 0 Å². The lowest BCUT2D eigenvalue weighted by Gasteiger charge is -2.27. The molecule has 1 saturated carbocycles. The van der Waals surface area contributed by atoms with Crippen molar-refractivity contribution in [3.8, 4) is 22.6 Å². The number of halogens is 4. The monoisotopic (exact) mass is 500 g/mol. The first kappa shape index (κ1) is 26.1. The van der Waals surface area contributed by atoms with Gasteiger partial charge in [0.05, 0.1) is 6.61 Å². The molecular weight excluding hydrogens is 468 g/mol. The van der Waals surface area contributed by atoms with E-state index in [1.165, 1.54) is 12.1 Å². The highest BCUT2D eigenvalue weighted by atomic mass is 19.2. The number of ether oxygens (including phenoxy) is 2. The third kappa shape index (κ3) is 5.85. The number of hydrogen-bond acceptors (Lipinski definition) is 2. The molecule has 0 spiro atoms. The zero-order chi connectivity index (χ0) is 25.7. The minimum atomic E-state index is -1.04. The molecule has 0 aliphatic heterocycles. The van der Waals surface area contributed by atoms with Crippen LogP contribution in [0.4, 0.5) is 17.6 Å². The largest absolute Gasteiger partial charge is 0.490 e. The lowest BCUT2D eigenvalue weighted by Crippen LogP contribution is -2.13. The van der Waals surface area contributed by atoms with Gasteiger partial charge in [-0.05, 0) is 66.5 Å². The SMILES string of the molecule is CCCCOc1ccc(COc2ccc(-c3ccc(C4CCC(C)CC4)c(F)c3F)cc2)c(F)c1F. The zero-order valence-corrected chi connectivity index (χ0v) is 20.8. The predicted molar refractivity (Wildman–Crippen MR) is 133 cm³/mol. The van der Waals surface area contributed by atoms with Gasteiger partial charge in [-0.2, -0.15) is 4.39 Å². The standard InChI is InChI=1S/C30H32F4O2/c1-3-4-17-35-26-16-11-22(27(31)30(26)34)18-36-23-12-9-21(10-13-23)25-15-14-24(28(32)29(25)33)20-7-5-19(2)6-8-20/h9-16,19-20H,3-8,17-18H2,1-2H3. The molecule has 0 amide bonds. The third-order valence-electron chi connectivity index (χ3n) is 7.01. The second-order valence-corrected chi connectivity index (χ2v) is 9.65. The fraction of sp³-hybridized carbons (Fsp3) is 0.400. The number of unbranched alkanes of at least 4 members (excludes halogenated alkanes) is 1. The van der Waals surface area contributed by atoms with Gasteiger partial charge in [0, 0.05) is 11.1 Å². The topological polar surface area (TPSA) is 18.5 Å². The van der Waals surface area contributed by atoms with E-state index in [0.29, 0.717) is 29.4 Å². The lowest BCUT2D eigenvalue weighted by atomic mass is 9.79. The van der Waals surface area contributed by atoms with Crippen LogP contribution in [0.5, 0.6) is 11.5 Å². The first-order valence-electron chi connectivity index (χ1n) is 12.7. The second-order valence-electron chi connectivity index (χ2n) is 9.65. The molecule has 36 heavy (non-hydrogen) atoms. The summed E-state index contributed by atoms with van der Waals surface area (Å²) in [6.45, 7) is 4.31. The van der Waals surface area contributed by atoms with Crippen LogP contribution in [0.25, 0.3) is 11.1 Å². The van der Waals surface area contributed by atoms with Crippen LogP contribution in [-0.2, 0) is 6.61 Å². The summed E-state index contributed by atoms with van der Waals surface area (Å²) < 4.78 is 69.5. The van der Waals surface area contributed by atoms with Gasteiger partial charge in [0.2, 0.25) is 5.82 Å². The van der Waals surface area contributed by atoms with E-state index in [1.54, 1.807) is 36.4 Å². The van der Waals surface area contributed by atoms with Crippen molar-refractivity contribution >= 4 is 0 Å². The van der Waals surface area contributed by atoms with Gasteiger partial charge in [0.1, 0.15) is 12.4 Å². The van der Waals surface area contributed by atoms with Gasteiger partial charge in [0.25, 0.3) is 0 Å². The van der Waals surface area contributed by atoms with Crippen LogP contribution >= 0.6 is 0 Å². The molecule has 0 heterocycles. The summed E-state index contributed by atoms with van der Waals surface area (Å²) in [5.41, 5.74) is 1.20. The first-order chi connectivity index (χ1) is 17.4. The molecule has 2 nitrogen and oxygen atoms in total. The van der Waals surface area contributed by atoms with Gasteiger partial charge in [-0.25, -0.2) is 13.2 Å². The fourth-order valence-corrected chi connectivity index (χ4v) is 4.69. The summed E-state index contributed by atoms with van der Waals surface area (Å²) in [5, 5.41) is 0. The summed E-state index contributed by atoms with van der Waals surface area (Å²) in [5.74, 6) is -2.69. The molecule has 192 valence electrons. The Hall–Kier alpha value is -3.02. The Labute approximate surface area is 210 Å². The maximum Gasteiger partial charge on any atom is 0.201 e. The molecule has 4 rings (SSSR count). The minimum absolute atomic E-state index is 0.0558. The molecule has 0 atom stereocenters. The molecule has 0 radical (unpaired) electrons. The first-order valence-corrected chi connectivity index (χ1v) is 12.7. The maximum absolute atomic E-state index is 15.0. The van der Waals surface area contributed by atoms with Gasteiger partial charge in [-0.1, -0.05) is 57.4 Å². The highest BCUT2D eigenvalue weighted by Gasteiger charge is 2.25. The van der Waals surface area contributed by atoms with Crippen LogP contribution in [0, 0.1) is 29.2 Å². The Balaban J connectivity index is 1.42. The molecular formula is C30H32F4O2. The summed E-state index contributed by atoms with van der Waals surface area (Å²) in [4.78, 5) is 0. The van der Waals surface area contributed by atoms with Crippen LogP contribution < -0.4 is 9.47 Å². The quantitative estimate of drug-likeness (QED) is 0.216. The van der Waals surface area contributed by atoms with Crippen LogP contribution in [0.1, 0.15) is 69.4 Å². The van der Waals surface area contributed by atoms with Crippen molar-refractivity contribution in [1.29, 1.82) is 0 Å².